The lowest BCUT2D eigenvalue weighted by Gasteiger charge is -2.07. The first kappa shape index (κ1) is 18.1. The van der Waals surface area contributed by atoms with Gasteiger partial charge in [-0.15, -0.1) is 0 Å². The van der Waals surface area contributed by atoms with Crippen molar-refractivity contribution < 1.29 is 19.0 Å². The number of halogens is 1. The maximum Gasteiger partial charge on any atom is 0.277 e. The number of amides is 1. The van der Waals surface area contributed by atoms with Crippen LogP contribution in [0.3, 0.4) is 0 Å². The Hall–Kier alpha value is -2.29. The molecule has 126 valence electrons. The molecule has 0 saturated heterocycles. The Kier molecular flexibility index (Phi) is 6.86. The number of hydrogen-bond donors (Lipinski definition) is 1. The molecule has 0 aliphatic rings. The van der Waals surface area contributed by atoms with E-state index in [-0.39, 0.29) is 12.5 Å². The highest BCUT2D eigenvalue weighted by Gasteiger charge is 2.04. The zero-order chi connectivity index (χ0) is 17.4. The number of carbonyl (C=O) groups is 1. The summed E-state index contributed by atoms with van der Waals surface area (Å²) >= 11 is 2.20. The largest absolute Gasteiger partial charge is 0.497 e. The molecule has 2 aromatic carbocycles. The summed E-state index contributed by atoms with van der Waals surface area (Å²) in [7, 11) is 3.14. The molecule has 0 aliphatic heterocycles. The van der Waals surface area contributed by atoms with Crippen LogP contribution < -0.4 is 19.6 Å². The van der Waals surface area contributed by atoms with Crippen LogP contribution in [0.2, 0.25) is 0 Å². The highest BCUT2D eigenvalue weighted by atomic mass is 127. The summed E-state index contributed by atoms with van der Waals surface area (Å²) in [5, 5.41) is 3.91. The number of nitrogens with one attached hydrogen (secondary N) is 1. The fourth-order valence-corrected chi connectivity index (χ4v) is 2.19. The maximum absolute atomic E-state index is 11.7. The minimum atomic E-state index is -0.355. The Labute approximate surface area is 153 Å². The van der Waals surface area contributed by atoms with Crippen molar-refractivity contribution in [2.45, 2.75) is 0 Å². The number of methoxy groups -OCH3 is 2. The number of hydrogen-bond acceptors (Lipinski definition) is 5. The summed E-state index contributed by atoms with van der Waals surface area (Å²) in [6.07, 6.45) is 1.49. The van der Waals surface area contributed by atoms with E-state index in [0.29, 0.717) is 22.8 Å². The van der Waals surface area contributed by atoms with Crippen LogP contribution in [-0.4, -0.2) is 32.9 Å². The topological polar surface area (TPSA) is 69.2 Å². The highest BCUT2D eigenvalue weighted by molar-refractivity contribution is 14.1. The summed E-state index contributed by atoms with van der Waals surface area (Å²) in [4.78, 5) is 11.7. The van der Waals surface area contributed by atoms with Gasteiger partial charge in [0.05, 0.1) is 20.4 Å². The van der Waals surface area contributed by atoms with Crippen LogP contribution in [0.5, 0.6) is 17.2 Å². The predicted molar refractivity (Wildman–Crippen MR) is 99.9 cm³/mol. The van der Waals surface area contributed by atoms with Gasteiger partial charge in [0.2, 0.25) is 0 Å². The molecule has 1 amide bonds. The Balaban J connectivity index is 1.89. The first-order chi connectivity index (χ1) is 11.6. The first-order valence-corrected chi connectivity index (χ1v) is 8.12. The summed E-state index contributed by atoms with van der Waals surface area (Å²) in [5.41, 5.74) is 3.10. The lowest BCUT2D eigenvalue weighted by molar-refractivity contribution is -0.123. The summed E-state index contributed by atoms with van der Waals surface area (Å²) in [5.74, 6) is 1.57. The molecular formula is C17H17IN2O4. The molecule has 2 rings (SSSR count). The number of nitrogens with zero attached hydrogens (tertiary/aromatic N) is 1. The standard InChI is InChI=1S/C17H17IN2O4/c1-22-15-7-8-16(23-2)12(9-15)10-19-20-17(21)11-24-14-5-3-13(18)4-6-14/h3-10H,11H2,1-2H3,(H,20,21)/b19-10+. The van der Waals surface area contributed by atoms with Gasteiger partial charge in [0.25, 0.3) is 5.91 Å². The lowest BCUT2D eigenvalue weighted by atomic mass is 10.2. The Bertz CT molecular complexity index is 717. The molecule has 0 saturated carbocycles. The van der Waals surface area contributed by atoms with Crippen molar-refractivity contribution in [1.29, 1.82) is 0 Å². The predicted octanol–water partition coefficient (Wildman–Crippen LogP) is 2.84. The molecule has 0 spiro atoms. The fourth-order valence-electron chi connectivity index (χ4n) is 1.83. The van der Waals surface area contributed by atoms with Crippen molar-refractivity contribution in [2.24, 2.45) is 5.10 Å². The van der Waals surface area contributed by atoms with Crippen LogP contribution in [0.25, 0.3) is 0 Å². The Morgan fingerprint density at radius 3 is 2.50 bits per heavy atom. The van der Waals surface area contributed by atoms with Gasteiger partial charge >= 0.3 is 0 Å². The summed E-state index contributed by atoms with van der Waals surface area (Å²) in [6, 6.07) is 12.7. The van der Waals surface area contributed by atoms with E-state index in [4.69, 9.17) is 14.2 Å². The molecule has 0 aromatic heterocycles. The number of carbonyl (C=O) groups excluding carboxylic acids is 1. The molecule has 24 heavy (non-hydrogen) atoms. The SMILES string of the molecule is COc1ccc(OC)c(/C=N/NC(=O)COc2ccc(I)cc2)c1. The zero-order valence-corrected chi connectivity index (χ0v) is 15.4. The van der Waals surface area contributed by atoms with Crippen molar-refractivity contribution >= 4 is 34.7 Å². The smallest absolute Gasteiger partial charge is 0.277 e. The third kappa shape index (κ3) is 5.41. The molecule has 6 nitrogen and oxygen atoms in total. The van der Waals surface area contributed by atoms with E-state index < -0.39 is 0 Å². The number of benzene rings is 2. The van der Waals surface area contributed by atoms with E-state index in [1.807, 2.05) is 12.1 Å². The van der Waals surface area contributed by atoms with Crippen molar-refractivity contribution in [2.75, 3.05) is 20.8 Å². The van der Waals surface area contributed by atoms with Gasteiger partial charge < -0.3 is 14.2 Å². The van der Waals surface area contributed by atoms with Gasteiger partial charge in [0.1, 0.15) is 17.2 Å². The number of ether oxygens (including phenoxy) is 3. The second-order valence-corrected chi connectivity index (χ2v) is 5.89. The van der Waals surface area contributed by atoms with Crippen LogP contribution in [-0.2, 0) is 4.79 Å². The van der Waals surface area contributed by atoms with Crippen LogP contribution in [0.4, 0.5) is 0 Å². The molecular weight excluding hydrogens is 423 g/mol. The monoisotopic (exact) mass is 440 g/mol. The average Bonchev–Trinajstić information content (AvgIpc) is 2.61. The van der Waals surface area contributed by atoms with E-state index in [9.17, 15) is 4.79 Å². The van der Waals surface area contributed by atoms with Gasteiger partial charge in [-0.3, -0.25) is 4.79 Å². The van der Waals surface area contributed by atoms with Gasteiger partial charge in [-0.25, -0.2) is 5.43 Å². The van der Waals surface area contributed by atoms with Crippen molar-refractivity contribution in [3.63, 3.8) is 0 Å². The number of rotatable bonds is 7. The fraction of sp³-hybridized carbons (Fsp3) is 0.176. The molecule has 1 N–H and O–H groups in total. The molecule has 0 atom stereocenters. The minimum absolute atomic E-state index is 0.118. The van der Waals surface area contributed by atoms with Gasteiger partial charge in [-0.2, -0.15) is 5.10 Å². The highest BCUT2D eigenvalue weighted by Crippen LogP contribution is 2.22. The van der Waals surface area contributed by atoms with Gasteiger partial charge in [-0.1, -0.05) is 0 Å². The van der Waals surface area contributed by atoms with Gasteiger partial charge in [-0.05, 0) is 65.1 Å². The Morgan fingerprint density at radius 1 is 1.12 bits per heavy atom. The lowest BCUT2D eigenvalue weighted by Crippen LogP contribution is -2.24. The van der Waals surface area contributed by atoms with E-state index in [1.54, 1.807) is 44.6 Å². The normalized spacial score (nSPS) is 10.5. The molecule has 0 radical (unpaired) electrons. The van der Waals surface area contributed by atoms with E-state index >= 15 is 0 Å². The van der Waals surface area contributed by atoms with Crippen LogP contribution in [0, 0.1) is 3.57 Å². The third-order valence-electron chi connectivity index (χ3n) is 3.01. The van der Waals surface area contributed by atoms with Gasteiger partial charge in [0, 0.05) is 9.13 Å². The molecule has 0 bridgehead atoms. The molecule has 0 aliphatic carbocycles. The molecule has 7 heteroatoms. The summed E-state index contributed by atoms with van der Waals surface area (Å²) < 4.78 is 16.9. The third-order valence-corrected chi connectivity index (χ3v) is 3.73. The quantitative estimate of drug-likeness (QED) is 0.409. The average molecular weight is 440 g/mol. The van der Waals surface area contributed by atoms with Crippen molar-refractivity contribution in [1.82, 2.24) is 5.43 Å². The molecule has 2 aromatic rings. The van der Waals surface area contributed by atoms with Crippen molar-refractivity contribution in [3.05, 3.63) is 51.6 Å². The first-order valence-electron chi connectivity index (χ1n) is 7.04. The molecule has 0 fully saturated rings. The van der Waals surface area contributed by atoms with E-state index in [2.05, 4.69) is 33.1 Å². The number of hydrazone groups is 1. The van der Waals surface area contributed by atoms with E-state index in [0.717, 1.165) is 3.57 Å². The second kappa shape index (κ2) is 9.11. The van der Waals surface area contributed by atoms with Crippen molar-refractivity contribution in [3.8, 4) is 17.2 Å². The van der Waals surface area contributed by atoms with Gasteiger partial charge in [0.15, 0.2) is 6.61 Å². The second-order valence-electron chi connectivity index (χ2n) is 4.64. The molecule has 0 heterocycles. The van der Waals surface area contributed by atoms with Crippen LogP contribution >= 0.6 is 22.6 Å². The Morgan fingerprint density at radius 2 is 1.83 bits per heavy atom. The van der Waals surface area contributed by atoms with Crippen LogP contribution in [0.15, 0.2) is 47.6 Å². The zero-order valence-electron chi connectivity index (χ0n) is 13.3. The van der Waals surface area contributed by atoms with E-state index in [1.165, 1.54) is 6.21 Å². The molecule has 0 unspecified atom stereocenters. The summed E-state index contributed by atoms with van der Waals surface area (Å²) in [6.45, 7) is -0.118. The minimum Gasteiger partial charge on any atom is -0.497 e. The maximum atomic E-state index is 11.7. The van der Waals surface area contributed by atoms with Crippen LogP contribution in [0.1, 0.15) is 5.56 Å².